The van der Waals surface area contributed by atoms with Gasteiger partial charge in [0.25, 0.3) is 0 Å². The third-order valence-corrected chi connectivity index (χ3v) is 6.46. The number of carbonyl (C=O) groups excluding carboxylic acids is 1. The maximum Gasteiger partial charge on any atom is 0.191 e. The van der Waals surface area contributed by atoms with Crippen LogP contribution in [0.1, 0.15) is 43.1 Å². The number of benzene rings is 2. The lowest BCUT2D eigenvalue weighted by Gasteiger charge is -2.18. The second-order valence-corrected chi connectivity index (χ2v) is 9.86. The van der Waals surface area contributed by atoms with Crippen molar-refractivity contribution in [2.45, 2.75) is 44.3 Å². The number of ketones is 1. The standard InChI is InChI=1S/C26H33N3O4S/c1-26(2,3)20-11-8-18(9-12-20)21(30)17-34-25-28-27-24(29(25)14-7-15-31-4)19-10-13-22(32-5)23(16-19)33-6/h8-13,16H,7,14-15,17H2,1-6H3. The quantitative estimate of drug-likeness (QED) is 0.209. The van der Waals surface area contributed by atoms with Gasteiger partial charge in [-0.1, -0.05) is 56.8 Å². The molecule has 0 bridgehead atoms. The van der Waals surface area contributed by atoms with Crippen molar-refractivity contribution in [1.82, 2.24) is 14.8 Å². The van der Waals surface area contributed by atoms with E-state index in [4.69, 9.17) is 14.2 Å². The molecular formula is C26H33N3O4S. The second kappa shape index (κ2) is 11.5. The molecule has 34 heavy (non-hydrogen) atoms. The molecule has 8 heteroatoms. The lowest BCUT2D eigenvalue weighted by molar-refractivity contribution is 0.102. The molecule has 1 aromatic heterocycles. The van der Waals surface area contributed by atoms with E-state index in [2.05, 4.69) is 31.0 Å². The van der Waals surface area contributed by atoms with Gasteiger partial charge in [0.1, 0.15) is 0 Å². The van der Waals surface area contributed by atoms with E-state index in [1.54, 1.807) is 21.3 Å². The van der Waals surface area contributed by atoms with Gasteiger partial charge in [0.15, 0.2) is 28.3 Å². The van der Waals surface area contributed by atoms with Gasteiger partial charge in [0, 0.05) is 31.4 Å². The zero-order valence-electron chi connectivity index (χ0n) is 20.8. The number of aromatic nitrogens is 3. The summed E-state index contributed by atoms with van der Waals surface area (Å²) in [6, 6.07) is 13.5. The molecule has 3 aromatic rings. The Kier molecular flexibility index (Phi) is 8.74. The molecule has 0 aliphatic rings. The largest absolute Gasteiger partial charge is 0.493 e. The fraction of sp³-hybridized carbons (Fsp3) is 0.423. The topological polar surface area (TPSA) is 75.5 Å². The van der Waals surface area contributed by atoms with E-state index in [1.807, 2.05) is 47.0 Å². The monoisotopic (exact) mass is 483 g/mol. The first kappa shape index (κ1) is 25.8. The Balaban J connectivity index is 1.81. The van der Waals surface area contributed by atoms with Gasteiger partial charge in [-0.2, -0.15) is 0 Å². The Morgan fingerprint density at radius 3 is 2.29 bits per heavy atom. The van der Waals surface area contributed by atoms with E-state index in [9.17, 15) is 4.79 Å². The highest BCUT2D eigenvalue weighted by Crippen LogP contribution is 2.33. The number of hydrogen-bond acceptors (Lipinski definition) is 7. The molecule has 0 N–H and O–H groups in total. The van der Waals surface area contributed by atoms with Crippen molar-refractivity contribution in [1.29, 1.82) is 0 Å². The normalized spacial score (nSPS) is 11.5. The summed E-state index contributed by atoms with van der Waals surface area (Å²) in [6.07, 6.45) is 0.796. The van der Waals surface area contributed by atoms with E-state index in [-0.39, 0.29) is 17.0 Å². The molecule has 0 atom stereocenters. The Bertz CT molecular complexity index is 1100. The van der Waals surface area contributed by atoms with Crippen molar-refractivity contribution in [3.8, 4) is 22.9 Å². The van der Waals surface area contributed by atoms with Crippen molar-refractivity contribution in [2.24, 2.45) is 0 Å². The lowest BCUT2D eigenvalue weighted by atomic mass is 9.86. The minimum Gasteiger partial charge on any atom is -0.493 e. The number of nitrogens with zero attached hydrogens (tertiary/aromatic N) is 3. The molecular weight excluding hydrogens is 450 g/mol. The molecule has 0 aliphatic heterocycles. The number of Topliss-reactive ketones (excluding diaryl/α,β-unsaturated/α-hetero) is 1. The van der Waals surface area contributed by atoms with Gasteiger partial charge in [0.2, 0.25) is 0 Å². The van der Waals surface area contributed by atoms with Crippen LogP contribution in [0.4, 0.5) is 0 Å². The average molecular weight is 484 g/mol. The summed E-state index contributed by atoms with van der Waals surface area (Å²) in [5, 5.41) is 9.52. The summed E-state index contributed by atoms with van der Waals surface area (Å²) in [5.74, 6) is 2.32. The Morgan fingerprint density at radius 1 is 0.971 bits per heavy atom. The van der Waals surface area contributed by atoms with E-state index < -0.39 is 0 Å². The molecule has 1 heterocycles. The lowest BCUT2D eigenvalue weighted by Crippen LogP contribution is -2.12. The molecule has 0 radical (unpaired) electrons. The summed E-state index contributed by atoms with van der Waals surface area (Å²) in [5.41, 5.74) is 2.81. The van der Waals surface area contributed by atoms with Gasteiger partial charge in [-0.3, -0.25) is 4.79 Å². The van der Waals surface area contributed by atoms with Crippen LogP contribution in [0.2, 0.25) is 0 Å². The Labute approximate surface area is 205 Å². The first-order valence-corrected chi connectivity index (χ1v) is 12.2. The zero-order valence-corrected chi connectivity index (χ0v) is 21.6. The SMILES string of the molecule is COCCCn1c(SCC(=O)c2ccc(C(C)(C)C)cc2)nnc1-c1ccc(OC)c(OC)c1. The van der Waals surface area contributed by atoms with Crippen LogP contribution in [-0.2, 0) is 16.7 Å². The summed E-state index contributed by atoms with van der Waals surface area (Å²) in [4.78, 5) is 12.9. The summed E-state index contributed by atoms with van der Waals surface area (Å²) >= 11 is 1.39. The van der Waals surface area contributed by atoms with Gasteiger partial charge in [-0.25, -0.2) is 0 Å². The highest BCUT2D eigenvalue weighted by atomic mass is 32.2. The van der Waals surface area contributed by atoms with Crippen LogP contribution >= 0.6 is 11.8 Å². The summed E-state index contributed by atoms with van der Waals surface area (Å²) in [7, 11) is 4.89. The van der Waals surface area contributed by atoms with E-state index in [0.717, 1.165) is 12.0 Å². The fourth-order valence-electron chi connectivity index (χ4n) is 3.52. The van der Waals surface area contributed by atoms with Crippen molar-refractivity contribution in [3.05, 3.63) is 53.6 Å². The molecule has 0 saturated carbocycles. The number of rotatable bonds is 11. The molecule has 0 saturated heterocycles. The fourth-order valence-corrected chi connectivity index (χ4v) is 4.38. The van der Waals surface area contributed by atoms with E-state index >= 15 is 0 Å². The van der Waals surface area contributed by atoms with Crippen LogP contribution in [0, 0.1) is 0 Å². The van der Waals surface area contributed by atoms with Crippen molar-refractivity contribution < 1.29 is 19.0 Å². The first-order valence-electron chi connectivity index (χ1n) is 11.2. The molecule has 182 valence electrons. The Morgan fingerprint density at radius 2 is 1.68 bits per heavy atom. The predicted molar refractivity (Wildman–Crippen MR) is 135 cm³/mol. The molecule has 2 aromatic carbocycles. The van der Waals surface area contributed by atoms with E-state index in [1.165, 1.54) is 17.3 Å². The minimum atomic E-state index is 0.0511. The highest BCUT2D eigenvalue weighted by Gasteiger charge is 2.19. The maximum absolute atomic E-state index is 12.9. The summed E-state index contributed by atoms with van der Waals surface area (Å²) < 4.78 is 18.1. The molecule has 7 nitrogen and oxygen atoms in total. The molecule has 0 spiro atoms. The third kappa shape index (κ3) is 6.18. The van der Waals surface area contributed by atoms with Gasteiger partial charge in [-0.15, -0.1) is 10.2 Å². The van der Waals surface area contributed by atoms with Gasteiger partial charge < -0.3 is 18.8 Å². The third-order valence-electron chi connectivity index (χ3n) is 5.49. The highest BCUT2D eigenvalue weighted by molar-refractivity contribution is 7.99. The zero-order chi connectivity index (χ0) is 24.7. The average Bonchev–Trinajstić information content (AvgIpc) is 3.24. The molecule has 0 unspecified atom stereocenters. The van der Waals surface area contributed by atoms with Crippen LogP contribution < -0.4 is 9.47 Å². The number of methoxy groups -OCH3 is 3. The van der Waals surface area contributed by atoms with Crippen molar-refractivity contribution >= 4 is 17.5 Å². The van der Waals surface area contributed by atoms with Gasteiger partial charge in [0.05, 0.1) is 20.0 Å². The van der Waals surface area contributed by atoms with Gasteiger partial charge in [-0.05, 0) is 35.6 Å². The van der Waals surface area contributed by atoms with Crippen LogP contribution in [0.3, 0.4) is 0 Å². The molecule has 3 rings (SSSR count). The number of ether oxygens (including phenoxy) is 3. The Hall–Kier alpha value is -2.84. The minimum absolute atomic E-state index is 0.0511. The first-order chi connectivity index (χ1) is 16.3. The van der Waals surface area contributed by atoms with Gasteiger partial charge >= 0.3 is 0 Å². The van der Waals surface area contributed by atoms with Crippen LogP contribution in [0.5, 0.6) is 11.5 Å². The maximum atomic E-state index is 12.9. The predicted octanol–water partition coefficient (Wildman–Crippen LogP) is 5.27. The van der Waals surface area contributed by atoms with Crippen LogP contribution in [-0.4, -0.2) is 54.2 Å². The number of thioether (sulfide) groups is 1. The van der Waals surface area contributed by atoms with E-state index in [0.29, 0.717) is 41.2 Å². The summed E-state index contributed by atoms with van der Waals surface area (Å²) in [6.45, 7) is 7.76. The van der Waals surface area contributed by atoms with Crippen molar-refractivity contribution in [2.75, 3.05) is 33.7 Å². The molecule has 0 aliphatic carbocycles. The van der Waals surface area contributed by atoms with Crippen molar-refractivity contribution in [3.63, 3.8) is 0 Å². The van der Waals surface area contributed by atoms with Crippen LogP contribution in [0.15, 0.2) is 47.6 Å². The number of hydrogen-bond donors (Lipinski definition) is 0. The second-order valence-electron chi connectivity index (χ2n) is 8.91. The number of carbonyl (C=O) groups is 1. The molecule has 0 amide bonds. The smallest absolute Gasteiger partial charge is 0.191 e. The molecule has 0 fully saturated rings. The van der Waals surface area contributed by atoms with Crippen LogP contribution in [0.25, 0.3) is 11.4 Å².